The number of carbonyl (C=O) groups is 1. The van der Waals surface area contributed by atoms with Gasteiger partial charge in [-0.15, -0.1) is 0 Å². The summed E-state index contributed by atoms with van der Waals surface area (Å²) in [5.74, 6) is -4.44. The Labute approximate surface area is 224 Å². The molecule has 4 aromatic rings. The van der Waals surface area contributed by atoms with Crippen LogP contribution in [0, 0.1) is 30.2 Å². The molecule has 1 unspecified atom stereocenters. The second-order valence-corrected chi connectivity index (χ2v) is 9.44. The Morgan fingerprint density at radius 1 is 1.03 bits per heavy atom. The van der Waals surface area contributed by atoms with E-state index in [9.17, 15) is 22.4 Å². The van der Waals surface area contributed by atoms with Crippen molar-refractivity contribution in [3.05, 3.63) is 112 Å². The Morgan fingerprint density at radius 2 is 1.74 bits per heavy atom. The molecule has 2 heterocycles. The van der Waals surface area contributed by atoms with E-state index in [-0.39, 0.29) is 17.4 Å². The first-order valence-corrected chi connectivity index (χ1v) is 12.3. The number of halogens is 4. The highest BCUT2D eigenvalue weighted by Crippen LogP contribution is 2.48. The fourth-order valence-corrected chi connectivity index (χ4v) is 5.10. The zero-order chi connectivity index (χ0) is 27.7. The van der Waals surface area contributed by atoms with Gasteiger partial charge in [-0.1, -0.05) is 29.1 Å². The molecular weight excluding hydrogens is 538 g/mol. The number of nitrogens with zero attached hydrogens (tertiary/aromatic N) is 3. The first-order chi connectivity index (χ1) is 18.7. The molecule has 3 aromatic carbocycles. The van der Waals surface area contributed by atoms with Gasteiger partial charge in [-0.05, 0) is 37.3 Å². The zero-order valence-electron chi connectivity index (χ0n) is 20.5. The van der Waals surface area contributed by atoms with Crippen molar-refractivity contribution >= 4 is 22.7 Å². The van der Waals surface area contributed by atoms with E-state index in [4.69, 9.17) is 14.0 Å². The van der Waals surface area contributed by atoms with Crippen LogP contribution in [0.2, 0.25) is 0 Å². The first kappa shape index (κ1) is 26.3. The quantitative estimate of drug-likeness (QED) is 0.246. The van der Waals surface area contributed by atoms with Gasteiger partial charge in [0.05, 0.1) is 7.11 Å². The third kappa shape index (κ3) is 5.32. The van der Waals surface area contributed by atoms with Crippen LogP contribution in [-0.4, -0.2) is 28.2 Å². The van der Waals surface area contributed by atoms with Gasteiger partial charge in [0.2, 0.25) is 0 Å². The van der Waals surface area contributed by atoms with Crippen LogP contribution in [0.1, 0.15) is 38.3 Å². The van der Waals surface area contributed by atoms with Gasteiger partial charge >= 0.3 is 0 Å². The van der Waals surface area contributed by atoms with Gasteiger partial charge in [0.15, 0.2) is 11.5 Å². The van der Waals surface area contributed by atoms with Gasteiger partial charge in [-0.3, -0.25) is 4.79 Å². The number of benzene rings is 3. The lowest BCUT2D eigenvalue weighted by molar-refractivity contribution is 0.0737. The number of carbonyl (C=O) groups excluding carboxylic acids is 1. The summed E-state index contributed by atoms with van der Waals surface area (Å²) in [6.45, 7) is 1.72. The zero-order valence-corrected chi connectivity index (χ0v) is 21.3. The molecule has 1 atom stereocenters. The predicted octanol–water partition coefficient (Wildman–Crippen LogP) is 6.38. The number of thioether (sulfide) groups is 1. The number of rotatable bonds is 7. The van der Waals surface area contributed by atoms with Crippen LogP contribution in [-0.2, 0) is 6.61 Å². The van der Waals surface area contributed by atoms with Crippen molar-refractivity contribution in [3.8, 4) is 11.5 Å². The van der Waals surface area contributed by atoms with Crippen molar-refractivity contribution in [2.75, 3.05) is 7.11 Å². The average molecular weight is 558 g/mol. The molecule has 12 heteroatoms. The van der Waals surface area contributed by atoms with Crippen molar-refractivity contribution in [2.24, 2.45) is 5.10 Å². The van der Waals surface area contributed by atoms with Gasteiger partial charge < -0.3 is 14.0 Å². The fourth-order valence-electron chi connectivity index (χ4n) is 3.93. The number of ether oxygens (including phenoxy) is 2. The Hall–Kier alpha value is -4.32. The minimum absolute atomic E-state index is 0.0110. The molecule has 0 radical (unpaired) electrons. The molecule has 5 rings (SSSR count). The smallest absolute Gasteiger partial charge is 0.281 e. The Bertz CT molecular complexity index is 1550. The molecule has 1 aromatic heterocycles. The molecule has 1 aliphatic rings. The van der Waals surface area contributed by atoms with E-state index >= 15 is 0 Å². The molecule has 200 valence electrons. The molecule has 39 heavy (non-hydrogen) atoms. The van der Waals surface area contributed by atoms with E-state index in [1.165, 1.54) is 31.4 Å². The maximum Gasteiger partial charge on any atom is 0.281 e. The topological polar surface area (TPSA) is 77.2 Å². The van der Waals surface area contributed by atoms with Crippen LogP contribution in [0.25, 0.3) is 0 Å². The van der Waals surface area contributed by atoms with Gasteiger partial charge in [0, 0.05) is 29.3 Å². The third-order valence-electron chi connectivity index (χ3n) is 5.70. The summed E-state index contributed by atoms with van der Waals surface area (Å²) < 4.78 is 73.0. The average Bonchev–Trinajstić information content (AvgIpc) is 3.53. The van der Waals surface area contributed by atoms with E-state index in [1.54, 1.807) is 31.2 Å². The summed E-state index contributed by atoms with van der Waals surface area (Å²) in [7, 11) is 1.43. The van der Waals surface area contributed by atoms with Crippen molar-refractivity contribution in [3.63, 3.8) is 0 Å². The van der Waals surface area contributed by atoms with E-state index in [2.05, 4.69) is 10.3 Å². The molecule has 1 aliphatic heterocycles. The van der Waals surface area contributed by atoms with E-state index < -0.39 is 40.1 Å². The molecular formula is C27H19F4N3O4S. The van der Waals surface area contributed by atoms with Gasteiger partial charge in [0.25, 0.3) is 5.91 Å². The SMILES string of the molecule is COc1cccc(C2SC(c3ccc(F)cc3)=NN2C(=O)c2c(F)cc(F)cc2F)c1OCc1cc(C)on1. The van der Waals surface area contributed by atoms with Crippen LogP contribution in [0.5, 0.6) is 11.5 Å². The van der Waals surface area contributed by atoms with Crippen LogP contribution >= 0.6 is 11.8 Å². The molecule has 7 nitrogen and oxygen atoms in total. The number of aryl methyl sites for hydroxylation is 1. The minimum atomic E-state index is -1.38. The molecule has 0 aliphatic carbocycles. The summed E-state index contributed by atoms with van der Waals surface area (Å²) in [5.41, 5.74) is 0.367. The largest absolute Gasteiger partial charge is 0.493 e. The highest BCUT2D eigenvalue weighted by Gasteiger charge is 2.39. The summed E-state index contributed by atoms with van der Waals surface area (Å²) in [6.07, 6.45) is 0. The van der Waals surface area contributed by atoms with Crippen LogP contribution in [0.4, 0.5) is 17.6 Å². The number of hydrazone groups is 1. The van der Waals surface area contributed by atoms with Crippen LogP contribution < -0.4 is 9.47 Å². The number of hydrogen-bond acceptors (Lipinski definition) is 7. The van der Waals surface area contributed by atoms with Crippen molar-refractivity contribution in [1.82, 2.24) is 10.2 Å². The van der Waals surface area contributed by atoms with Gasteiger partial charge in [-0.25, -0.2) is 22.6 Å². The van der Waals surface area contributed by atoms with E-state index in [0.717, 1.165) is 16.8 Å². The Kier molecular flexibility index (Phi) is 7.29. The van der Waals surface area contributed by atoms with Crippen LogP contribution in [0.15, 0.2) is 70.3 Å². The first-order valence-electron chi connectivity index (χ1n) is 11.5. The highest BCUT2D eigenvalue weighted by molar-refractivity contribution is 8.14. The number of aromatic nitrogens is 1. The molecule has 0 saturated carbocycles. The monoisotopic (exact) mass is 557 g/mol. The fraction of sp³-hybridized carbons (Fsp3) is 0.148. The van der Waals surface area contributed by atoms with Crippen molar-refractivity contribution in [2.45, 2.75) is 18.9 Å². The van der Waals surface area contributed by atoms with Gasteiger partial charge in [0.1, 0.15) is 57.3 Å². The third-order valence-corrected chi connectivity index (χ3v) is 6.92. The maximum absolute atomic E-state index is 14.6. The minimum Gasteiger partial charge on any atom is -0.493 e. The number of hydrogen-bond donors (Lipinski definition) is 0. The molecule has 0 fully saturated rings. The molecule has 0 bridgehead atoms. The highest BCUT2D eigenvalue weighted by atomic mass is 32.2. The molecule has 0 saturated heterocycles. The second-order valence-electron chi connectivity index (χ2n) is 8.37. The standard InChI is InChI=1S/C27H19F4N3O4S/c1-14-10-18(33-38-14)13-37-24-19(4-3-5-22(24)36-2)27-34(26(35)23-20(30)11-17(29)12-21(23)31)32-25(39-27)15-6-8-16(28)9-7-15/h3-12,27H,13H2,1-2H3. The maximum atomic E-state index is 14.6. The lowest BCUT2D eigenvalue weighted by atomic mass is 10.1. The van der Waals surface area contributed by atoms with Crippen molar-refractivity contribution < 1.29 is 36.4 Å². The van der Waals surface area contributed by atoms with Crippen molar-refractivity contribution in [1.29, 1.82) is 0 Å². The summed E-state index contributed by atoms with van der Waals surface area (Å²) >= 11 is 1.07. The Morgan fingerprint density at radius 3 is 2.38 bits per heavy atom. The number of methoxy groups -OCH3 is 1. The summed E-state index contributed by atoms with van der Waals surface area (Å²) in [6, 6.07) is 12.8. The van der Waals surface area contributed by atoms with Gasteiger partial charge in [-0.2, -0.15) is 5.10 Å². The van der Waals surface area contributed by atoms with Crippen LogP contribution in [0.3, 0.4) is 0 Å². The Balaban J connectivity index is 1.59. The molecule has 0 N–H and O–H groups in total. The molecule has 0 spiro atoms. The lowest BCUT2D eigenvalue weighted by Crippen LogP contribution is -2.28. The molecule has 1 amide bonds. The van der Waals surface area contributed by atoms with E-state index in [1.807, 2.05) is 0 Å². The number of amides is 1. The lowest BCUT2D eigenvalue weighted by Gasteiger charge is -2.24. The normalized spacial score (nSPS) is 14.9. The number of para-hydroxylation sites is 1. The summed E-state index contributed by atoms with van der Waals surface area (Å²) in [4.78, 5) is 13.5. The summed E-state index contributed by atoms with van der Waals surface area (Å²) in [5, 5.41) is 8.40. The van der Waals surface area contributed by atoms with E-state index in [0.29, 0.717) is 40.5 Å². The second kappa shape index (κ2) is 10.8. The predicted molar refractivity (Wildman–Crippen MR) is 134 cm³/mol.